The molecule has 3 aromatic carbocycles. The molecule has 4 rings (SSSR count). The third kappa shape index (κ3) is 4.04. The zero-order valence-corrected chi connectivity index (χ0v) is 16.5. The molecule has 1 aliphatic carbocycles. The molecule has 0 saturated heterocycles. The summed E-state index contributed by atoms with van der Waals surface area (Å²) < 4.78 is 5.38. The van der Waals surface area contributed by atoms with Gasteiger partial charge in [-0.05, 0) is 77.5 Å². The van der Waals surface area contributed by atoms with Crippen LogP contribution in [0.15, 0.2) is 66.7 Å². The Morgan fingerprint density at radius 2 is 1.79 bits per heavy atom. The molecule has 0 N–H and O–H groups in total. The van der Waals surface area contributed by atoms with Crippen LogP contribution in [0.2, 0.25) is 0 Å². The molecule has 3 atom stereocenters. The maximum atomic E-state index is 6.81. The van der Waals surface area contributed by atoms with Gasteiger partial charge in [-0.1, -0.05) is 61.5 Å². The average Bonchev–Trinajstić information content (AvgIpc) is 3.20. The highest BCUT2D eigenvalue weighted by Crippen LogP contribution is 2.43. The molecule has 0 amide bonds. The molecule has 0 spiro atoms. The normalized spacial score (nSPS) is 20.0. The number of nitrogens with zero attached hydrogens (tertiary/aromatic N) is 1. The second-order valence-corrected chi connectivity index (χ2v) is 8.08. The van der Waals surface area contributed by atoms with E-state index < -0.39 is 0 Å². The quantitative estimate of drug-likeness (QED) is 0.420. The lowest BCUT2D eigenvalue weighted by Crippen LogP contribution is -2.03. The molecule has 142 valence electrons. The number of hydrogen-bond donors (Lipinski definition) is 0. The minimum Gasteiger partial charge on any atom is -0.426 e. The fraction of sp³-hybridized carbons (Fsp3) is 0.346. The van der Waals surface area contributed by atoms with Crippen molar-refractivity contribution in [2.24, 2.45) is 5.92 Å². The zero-order chi connectivity index (χ0) is 19.3. The summed E-state index contributed by atoms with van der Waals surface area (Å²) >= 11 is 0. The molecule has 0 bridgehead atoms. The summed E-state index contributed by atoms with van der Waals surface area (Å²) in [6, 6.07) is 23.8. The Morgan fingerprint density at radius 1 is 1.00 bits per heavy atom. The molecule has 1 saturated carbocycles. The van der Waals surface area contributed by atoms with Crippen molar-refractivity contribution in [3.05, 3.63) is 89.3 Å². The Kier molecular flexibility index (Phi) is 5.63. The van der Waals surface area contributed by atoms with Crippen molar-refractivity contribution in [3.63, 3.8) is 0 Å². The fourth-order valence-electron chi connectivity index (χ4n) is 4.84. The maximum absolute atomic E-state index is 6.81. The SMILES string of the molecule is [C-]#[N+]COc1ccc([C@@H]2CC[C@H](C[C@H](C)c3cccc4ccccc34)C2)cc1. The van der Waals surface area contributed by atoms with Crippen molar-refractivity contribution < 1.29 is 4.74 Å². The van der Waals surface area contributed by atoms with Gasteiger partial charge in [0.2, 0.25) is 0 Å². The van der Waals surface area contributed by atoms with Gasteiger partial charge in [0.15, 0.2) is 0 Å². The summed E-state index contributed by atoms with van der Waals surface area (Å²) in [7, 11) is 0. The summed E-state index contributed by atoms with van der Waals surface area (Å²) in [6.07, 6.45) is 5.12. The van der Waals surface area contributed by atoms with Gasteiger partial charge in [0.25, 0.3) is 0 Å². The monoisotopic (exact) mass is 369 g/mol. The minimum atomic E-state index is 0.0942. The van der Waals surface area contributed by atoms with Gasteiger partial charge < -0.3 is 4.74 Å². The second-order valence-electron chi connectivity index (χ2n) is 8.08. The highest BCUT2D eigenvalue weighted by atomic mass is 16.5. The molecule has 2 nitrogen and oxygen atoms in total. The van der Waals surface area contributed by atoms with Crippen LogP contribution in [0.25, 0.3) is 15.6 Å². The van der Waals surface area contributed by atoms with Crippen molar-refractivity contribution in [2.45, 2.75) is 44.4 Å². The van der Waals surface area contributed by atoms with E-state index in [0.29, 0.717) is 11.8 Å². The van der Waals surface area contributed by atoms with E-state index in [1.54, 1.807) is 0 Å². The van der Waals surface area contributed by atoms with Gasteiger partial charge in [0.1, 0.15) is 5.75 Å². The van der Waals surface area contributed by atoms with Gasteiger partial charge in [-0.25, -0.2) is 6.57 Å². The standard InChI is InChI=1S/C26H27NO/c1-19(25-9-5-7-22-6-3-4-8-26(22)25)16-20-10-11-23(17-20)21-12-14-24(15-13-21)28-18-27-2/h3-9,12-15,19-20,23H,10-11,16-18H2,1H3/t19-,20+,23+/m0/s1. The molecule has 0 aromatic heterocycles. The van der Waals surface area contributed by atoms with Crippen LogP contribution in [0, 0.1) is 12.5 Å². The van der Waals surface area contributed by atoms with Crippen molar-refractivity contribution in [2.75, 3.05) is 6.73 Å². The van der Waals surface area contributed by atoms with Crippen LogP contribution in [-0.2, 0) is 0 Å². The molecular formula is C26H27NO. The lowest BCUT2D eigenvalue weighted by Gasteiger charge is -2.19. The highest BCUT2D eigenvalue weighted by Gasteiger charge is 2.27. The summed E-state index contributed by atoms with van der Waals surface area (Å²) in [4.78, 5) is 3.24. The molecule has 28 heavy (non-hydrogen) atoms. The van der Waals surface area contributed by atoms with Crippen LogP contribution in [0.3, 0.4) is 0 Å². The van der Waals surface area contributed by atoms with Gasteiger partial charge >= 0.3 is 6.73 Å². The van der Waals surface area contributed by atoms with Crippen LogP contribution in [0.1, 0.15) is 55.6 Å². The molecular weight excluding hydrogens is 342 g/mol. The van der Waals surface area contributed by atoms with Crippen LogP contribution in [-0.4, -0.2) is 6.73 Å². The number of ether oxygens (including phenoxy) is 1. The topological polar surface area (TPSA) is 13.6 Å². The predicted octanol–water partition coefficient (Wildman–Crippen LogP) is 7.17. The van der Waals surface area contributed by atoms with Gasteiger partial charge in [0.05, 0.1) is 0 Å². The van der Waals surface area contributed by atoms with E-state index in [1.807, 2.05) is 12.1 Å². The van der Waals surface area contributed by atoms with Gasteiger partial charge in [-0.2, -0.15) is 0 Å². The maximum Gasteiger partial charge on any atom is 0.357 e. The van der Waals surface area contributed by atoms with Crippen LogP contribution < -0.4 is 4.74 Å². The Labute approximate surface area is 168 Å². The first-order valence-corrected chi connectivity index (χ1v) is 10.3. The van der Waals surface area contributed by atoms with Crippen molar-refractivity contribution in [1.82, 2.24) is 0 Å². The summed E-state index contributed by atoms with van der Waals surface area (Å²) in [5, 5.41) is 2.75. The van der Waals surface area contributed by atoms with Gasteiger partial charge in [-0.3, -0.25) is 4.85 Å². The first-order valence-electron chi connectivity index (χ1n) is 10.3. The molecule has 0 aliphatic heterocycles. The molecule has 1 aliphatic rings. The Morgan fingerprint density at radius 3 is 2.61 bits per heavy atom. The van der Waals surface area contributed by atoms with Crippen LogP contribution in [0.5, 0.6) is 5.75 Å². The number of rotatable bonds is 6. The lowest BCUT2D eigenvalue weighted by atomic mass is 9.86. The molecule has 2 heteroatoms. The average molecular weight is 370 g/mol. The first-order chi connectivity index (χ1) is 13.7. The largest absolute Gasteiger partial charge is 0.426 e. The summed E-state index contributed by atoms with van der Waals surface area (Å²) in [5.41, 5.74) is 2.90. The smallest absolute Gasteiger partial charge is 0.357 e. The summed E-state index contributed by atoms with van der Waals surface area (Å²) in [6.45, 7) is 9.30. The van der Waals surface area contributed by atoms with Gasteiger partial charge in [-0.15, -0.1) is 0 Å². The first kappa shape index (κ1) is 18.6. The van der Waals surface area contributed by atoms with E-state index in [4.69, 9.17) is 11.3 Å². The third-order valence-electron chi connectivity index (χ3n) is 6.23. The van der Waals surface area contributed by atoms with E-state index in [9.17, 15) is 0 Å². The van der Waals surface area contributed by atoms with Crippen LogP contribution in [0.4, 0.5) is 0 Å². The highest BCUT2D eigenvalue weighted by molar-refractivity contribution is 5.86. The van der Waals surface area contributed by atoms with E-state index in [-0.39, 0.29) is 6.73 Å². The lowest BCUT2D eigenvalue weighted by molar-refractivity contribution is 0.361. The molecule has 3 aromatic rings. The van der Waals surface area contributed by atoms with E-state index in [0.717, 1.165) is 11.7 Å². The molecule has 0 heterocycles. The van der Waals surface area contributed by atoms with Gasteiger partial charge in [0, 0.05) is 0 Å². The fourth-order valence-corrected chi connectivity index (χ4v) is 4.84. The Bertz CT molecular complexity index is 964. The van der Waals surface area contributed by atoms with E-state index in [2.05, 4.69) is 66.4 Å². The van der Waals surface area contributed by atoms with E-state index >= 15 is 0 Å². The molecule has 0 radical (unpaired) electrons. The third-order valence-corrected chi connectivity index (χ3v) is 6.23. The number of hydrogen-bond acceptors (Lipinski definition) is 1. The summed E-state index contributed by atoms with van der Waals surface area (Å²) in [5.74, 6) is 2.81. The molecule has 0 unspecified atom stereocenters. The van der Waals surface area contributed by atoms with E-state index in [1.165, 1.54) is 47.6 Å². The van der Waals surface area contributed by atoms with Crippen LogP contribution >= 0.6 is 0 Å². The van der Waals surface area contributed by atoms with Crippen molar-refractivity contribution >= 4 is 10.8 Å². The molecule has 1 fully saturated rings. The number of fused-ring (bicyclic) bond motifs is 1. The second kappa shape index (κ2) is 8.48. The van der Waals surface area contributed by atoms with Crippen molar-refractivity contribution in [3.8, 4) is 5.75 Å². The minimum absolute atomic E-state index is 0.0942. The predicted molar refractivity (Wildman–Crippen MR) is 116 cm³/mol. The zero-order valence-electron chi connectivity index (χ0n) is 16.5. The number of benzene rings is 3. The Hall–Kier alpha value is -2.79. The Balaban J connectivity index is 1.40. The van der Waals surface area contributed by atoms with Crippen molar-refractivity contribution in [1.29, 1.82) is 0 Å².